The maximum absolute atomic E-state index is 13.1. The molecule has 3 aromatic rings. The van der Waals surface area contributed by atoms with Crippen molar-refractivity contribution in [3.63, 3.8) is 0 Å². The summed E-state index contributed by atoms with van der Waals surface area (Å²) < 4.78 is 49.9. The number of esters is 1. The second-order valence-corrected chi connectivity index (χ2v) is 7.02. The minimum Gasteiger partial charge on any atom is -0.457 e. The minimum absolute atomic E-state index is 0.0297. The Balaban J connectivity index is 1.65. The molecule has 0 radical (unpaired) electrons. The summed E-state index contributed by atoms with van der Waals surface area (Å²) in [4.78, 5) is 16.2. The number of cyclic esters (lactones) is 1. The first-order valence-electron chi connectivity index (χ1n) is 8.47. The molecule has 1 aliphatic heterocycles. The lowest BCUT2D eigenvalue weighted by Crippen LogP contribution is -2.05. The predicted octanol–water partition coefficient (Wildman–Crippen LogP) is 6.62. The molecule has 1 aliphatic rings. The van der Waals surface area contributed by atoms with Crippen LogP contribution < -0.4 is 0 Å². The Morgan fingerprint density at radius 1 is 0.967 bits per heavy atom. The minimum atomic E-state index is -4.60. The van der Waals surface area contributed by atoms with Crippen molar-refractivity contribution in [3.8, 4) is 11.3 Å². The Hall–Kier alpha value is -3.03. The molecule has 0 aliphatic carbocycles. The number of benzene rings is 2. The Kier molecular flexibility index (Phi) is 5.17. The highest BCUT2D eigenvalue weighted by molar-refractivity contribution is 6.34. The zero-order valence-corrected chi connectivity index (χ0v) is 16.3. The first-order valence-corrected chi connectivity index (χ1v) is 9.22. The van der Waals surface area contributed by atoms with Crippen LogP contribution in [0.15, 0.2) is 69.7 Å². The number of halogens is 5. The van der Waals surface area contributed by atoms with E-state index in [0.29, 0.717) is 10.6 Å². The summed E-state index contributed by atoms with van der Waals surface area (Å²) in [6, 6.07) is 13.2. The fourth-order valence-electron chi connectivity index (χ4n) is 2.78. The number of nitrogens with zero attached hydrogens (tertiary/aromatic N) is 1. The molecule has 0 unspecified atom stereocenters. The van der Waals surface area contributed by atoms with E-state index < -0.39 is 22.7 Å². The van der Waals surface area contributed by atoms with Crippen molar-refractivity contribution in [2.45, 2.75) is 6.18 Å². The molecule has 2 aromatic carbocycles. The molecule has 0 N–H and O–H groups in total. The third-order valence-electron chi connectivity index (χ3n) is 4.19. The van der Waals surface area contributed by atoms with Gasteiger partial charge < -0.3 is 9.15 Å². The van der Waals surface area contributed by atoms with Crippen LogP contribution in [0.5, 0.6) is 0 Å². The lowest BCUT2D eigenvalue weighted by molar-refractivity contribution is -0.137. The highest BCUT2D eigenvalue weighted by Crippen LogP contribution is 2.37. The van der Waals surface area contributed by atoms with Crippen LogP contribution in [0.1, 0.15) is 16.9 Å². The van der Waals surface area contributed by atoms with Crippen LogP contribution in [-0.4, -0.2) is 11.9 Å². The largest absolute Gasteiger partial charge is 0.457 e. The summed E-state index contributed by atoms with van der Waals surface area (Å²) in [5, 5.41) is -0.0379. The van der Waals surface area contributed by atoms with Gasteiger partial charge >= 0.3 is 12.1 Å². The normalized spacial score (nSPS) is 15.4. The van der Waals surface area contributed by atoms with E-state index in [-0.39, 0.29) is 28.7 Å². The summed E-state index contributed by atoms with van der Waals surface area (Å²) in [5.41, 5.74) is -0.355. The molecule has 0 saturated heterocycles. The SMILES string of the molecule is O=C1OC(c2ccccc2Cl)=NC1=Cc1ccc(-c2ccc(Cl)c(C(F)(F)F)c2)o1. The third kappa shape index (κ3) is 3.99. The van der Waals surface area contributed by atoms with Crippen LogP contribution in [-0.2, 0) is 15.7 Å². The number of rotatable bonds is 3. The van der Waals surface area contributed by atoms with Gasteiger partial charge in [0.1, 0.15) is 11.5 Å². The maximum atomic E-state index is 13.1. The molecule has 0 atom stereocenters. The number of furan rings is 1. The van der Waals surface area contributed by atoms with Crippen LogP contribution in [0, 0.1) is 0 Å². The molecule has 0 amide bonds. The van der Waals surface area contributed by atoms with Gasteiger partial charge in [0.15, 0.2) is 5.70 Å². The average Bonchev–Trinajstić information content (AvgIpc) is 3.29. The molecular formula is C21H10Cl2F3NO3. The van der Waals surface area contributed by atoms with Gasteiger partial charge in [0, 0.05) is 11.6 Å². The van der Waals surface area contributed by atoms with Gasteiger partial charge in [-0.3, -0.25) is 0 Å². The number of hydrogen-bond donors (Lipinski definition) is 0. The summed E-state index contributed by atoms with van der Waals surface area (Å²) in [7, 11) is 0. The zero-order valence-electron chi connectivity index (χ0n) is 14.8. The van der Waals surface area contributed by atoms with Gasteiger partial charge in [0.05, 0.1) is 21.2 Å². The first-order chi connectivity index (χ1) is 14.2. The topological polar surface area (TPSA) is 51.8 Å². The average molecular weight is 452 g/mol. The van der Waals surface area contributed by atoms with Crippen molar-refractivity contribution in [1.82, 2.24) is 0 Å². The van der Waals surface area contributed by atoms with E-state index in [0.717, 1.165) is 12.1 Å². The summed E-state index contributed by atoms with van der Waals surface area (Å²) >= 11 is 11.7. The van der Waals surface area contributed by atoms with E-state index in [9.17, 15) is 18.0 Å². The molecule has 0 spiro atoms. The molecule has 9 heteroatoms. The van der Waals surface area contributed by atoms with Crippen LogP contribution in [0.25, 0.3) is 17.4 Å². The lowest BCUT2D eigenvalue weighted by atomic mass is 10.1. The molecule has 4 rings (SSSR count). The molecule has 0 saturated carbocycles. The van der Waals surface area contributed by atoms with Gasteiger partial charge in [0.2, 0.25) is 5.90 Å². The predicted molar refractivity (Wildman–Crippen MR) is 106 cm³/mol. The fourth-order valence-corrected chi connectivity index (χ4v) is 3.22. The summed E-state index contributed by atoms with van der Waals surface area (Å²) in [5.74, 6) is -0.264. The van der Waals surface area contributed by atoms with Gasteiger partial charge in [-0.25, -0.2) is 9.79 Å². The quantitative estimate of drug-likeness (QED) is 0.332. The molecule has 4 nitrogen and oxygen atoms in total. The monoisotopic (exact) mass is 451 g/mol. The molecule has 0 fully saturated rings. The van der Waals surface area contributed by atoms with E-state index in [1.165, 1.54) is 24.3 Å². The Morgan fingerprint density at radius 2 is 1.73 bits per heavy atom. The molecule has 0 bridgehead atoms. The lowest BCUT2D eigenvalue weighted by Gasteiger charge is -2.09. The van der Waals surface area contributed by atoms with Crippen molar-refractivity contribution in [2.24, 2.45) is 4.99 Å². The first kappa shape index (κ1) is 20.3. The van der Waals surface area contributed by atoms with Crippen molar-refractivity contribution in [2.75, 3.05) is 0 Å². The highest BCUT2D eigenvalue weighted by atomic mass is 35.5. The van der Waals surface area contributed by atoms with Gasteiger partial charge in [-0.1, -0.05) is 35.3 Å². The number of carbonyl (C=O) groups excluding carboxylic acids is 1. The van der Waals surface area contributed by atoms with Crippen molar-refractivity contribution >= 4 is 41.1 Å². The van der Waals surface area contributed by atoms with E-state index in [4.69, 9.17) is 32.4 Å². The number of ether oxygens (including phenoxy) is 1. The van der Waals surface area contributed by atoms with Crippen LogP contribution >= 0.6 is 23.2 Å². The number of carbonyl (C=O) groups is 1. The van der Waals surface area contributed by atoms with Gasteiger partial charge in [-0.05, 0) is 42.5 Å². The fraction of sp³-hybridized carbons (Fsp3) is 0.0476. The summed E-state index contributed by atoms with van der Waals surface area (Å²) in [6.45, 7) is 0. The van der Waals surface area contributed by atoms with E-state index in [1.807, 2.05) is 0 Å². The second-order valence-electron chi connectivity index (χ2n) is 6.21. The van der Waals surface area contributed by atoms with E-state index >= 15 is 0 Å². The van der Waals surface area contributed by atoms with Crippen LogP contribution in [0.3, 0.4) is 0 Å². The number of aliphatic imine (C=N–C) groups is 1. The number of hydrogen-bond acceptors (Lipinski definition) is 4. The van der Waals surface area contributed by atoms with E-state index in [2.05, 4.69) is 4.99 Å². The zero-order chi connectivity index (χ0) is 21.5. The smallest absolute Gasteiger partial charge is 0.417 e. The Labute approximate surface area is 178 Å². The van der Waals surface area contributed by atoms with Gasteiger partial charge in [-0.2, -0.15) is 13.2 Å². The second kappa shape index (κ2) is 7.66. The molecular weight excluding hydrogens is 442 g/mol. The maximum Gasteiger partial charge on any atom is 0.417 e. The van der Waals surface area contributed by atoms with Crippen molar-refractivity contribution in [3.05, 3.63) is 87.2 Å². The standard InChI is InChI=1S/C21H10Cl2F3NO3/c22-15-4-2-1-3-13(15)19-27-17(20(28)30-19)10-12-6-8-18(29-12)11-5-7-16(23)14(9-11)21(24,25)26/h1-10H. The molecule has 2 heterocycles. The molecule has 30 heavy (non-hydrogen) atoms. The highest BCUT2D eigenvalue weighted by Gasteiger charge is 2.33. The van der Waals surface area contributed by atoms with Crippen molar-refractivity contribution in [1.29, 1.82) is 0 Å². The molecule has 1 aromatic heterocycles. The van der Waals surface area contributed by atoms with Crippen molar-refractivity contribution < 1.29 is 27.1 Å². The van der Waals surface area contributed by atoms with Crippen LogP contribution in [0.2, 0.25) is 10.0 Å². The van der Waals surface area contributed by atoms with E-state index in [1.54, 1.807) is 24.3 Å². The Bertz CT molecular complexity index is 1210. The third-order valence-corrected chi connectivity index (χ3v) is 4.85. The summed E-state index contributed by atoms with van der Waals surface area (Å²) in [6.07, 6.45) is -3.27. The van der Waals surface area contributed by atoms with Crippen LogP contribution in [0.4, 0.5) is 13.2 Å². The van der Waals surface area contributed by atoms with Gasteiger partial charge in [-0.15, -0.1) is 0 Å². The number of alkyl halides is 3. The van der Waals surface area contributed by atoms with Gasteiger partial charge in [0.25, 0.3) is 0 Å². The Morgan fingerprint density at radius 3 is 2.47 bits per heavy atom. The molecule has 152 valence electrons.